The smallest absolute Gasteiger partial charge is 0.269 e. The lowest BCUT2D eigenvalue weighted by atomic mass is 10.5. The fourth-order valence-electron chi connectivity index (χ4n) is 0.827. The molecule has 0 radical (unpaired) electrons. The van der Waals surface area contributed by atoms with Crippen molar-refractivity contribution in [3.05, 3.63) is 11.4 Å². The molecule has 0 aromatic carbocycles. The van der Waals surface area contributed by atoms with Crippen molar-refractivity contribution in [3.63, 3.8) is 0 Å². The molecule has 0 unspecified atom stereocenters. The summed E-state index contributed by atoms with van der Waals surface area (Å²) in [4.78, 5) is 10.6. The van der Waals surface area contributed by atoms with E-state index in [1.54, 1.807) is 11.2 Å². The van der Waals surface area contributed by atoms with Crippen molar-refractivity contribution in [1.82, 2.24) is 5.01 Å². The lowest BCUT2D eigenvalue weighted by Crippen LogP contribution is -2.12. The van der Waals surface area contributed by atoms with Gasteiger partial charge in [-0.3, -0.25) is 4.79 Å². The number of amides is 1. The van der Waals surface area contributed by atoms with Crippen molar-refractivity contribution in [3.8, 4) is 0 Å². The summed E-state index contributed by atoms with van der Waals surface area (Å²) >= 11 is 0. The maximum absolute atomic E-state index is 10.6. The molecule has 1 aliphatic rings. The van der Waals surface area contributed by atoms with Crippen LogP contribution in [0, 0.1) is 0 Å². The lowest BCUT2D eigenvalue weighted by molar-refractivity contribution is -0.114. The number of carbonyl (C=O) groups is 1. The maximum atomic E-state index is 10.6. The third kappa shape index (κ3) is 1.39. The average Bonchev–Trinajstić information content (AvgIpc) is 2.57. The number of hydrazone groups is 1. The molecule has 4 heteroatoms. The summed E-state index contributed by atoms with van der Waals surface area (Å²) in [6, 6.07) is 0. The van der Waals surface area contributed by atoms with E-state index in [9.17, 15) is 4.79 Å². The van der Waals surface area contributed by atoms with Crippen LogP contribution in [0.5, 0.6) is 0 Å². The Morgan fingerprint density at radius 3 is 2.82 bits per heavy atom. The third-order valence-electron chi connectivity index (χ3n) is 1.44. The molecule has 0 spiro atoms. The predicted octanol–water partition coefficient (Wildman–Crippen LogP) is 0.415. The molecule has 11 heavy (non-hydrogen) atoms. The fourth-order valence-corrected chi connectivity index (χ4v) is 0.827. The quantitative estimate of drug-likeness (QED) is 0.597. The molecular formula is C7H11N3O. The zero-order valence-electron chi connectivity index (χ0n) is 6.66. The lowest BCUT2D eigenvalue weighted by Gasteiger charge is -1.93. The van der Waals surface area contributed by atoms with Crippen molar-refractivity contribution in [2.24, 2.45) is 10.8 Å². The van der Waals surface area contributed by atoms with Gasteiger partial charge in [0.05, 0.1) is 5.70 Å². The van der Waals surface area contributed by atoms with Gasteiger partial charge in [0, 0.05) is 6.21 Å². The van der Waals surface area contributed by atoms with Crippen LogP contribution in [0.2, 0.25) is 0 Å². The van der Waals surface area contributed by atoms with Crippen LogP contribution in [0.25, 0.3) is 0 Å². The van der Waals surface area contributed by atoms with Crippen molar-refractivity contribution in [2.75, 3.05) is 0 Å². The van der Waals surface area contributed by atoms with Crippen molar-refractivity contribution in [2.45, 2.75) is 20.3 Å². The zero-order valence-corrected chi connectivity index (χ0v) is 6.66. The summed E-state index contributed by atoms with van der Waals surface area (Å²) in [6.45, 7) is 3.79. The van der Waals surface area contributed by atoms with Crippen molar-refractivity contribution < 1.29 is 4.79 Å². The van der Waals surface area contributed by atoms with Crippen LogP contribution in [0.15, 0.2) is 16.5 Å². The number of nitrogens with two attached hydrogens (primary N) is 1. The molecule has 0 aromatic rings. The Kier molecular flexibility index (Phi) is 1.94. The first kappa shape index (κ1) is 7.78. The topological polar surface area (TPSA) is 58.5 Å². The van der Waals surface area contributed by atoms with Gasteiger partial charge < -0.3 is 5.73 Å². The second kappa shape index (κ2) is 2.74. The van der Waals surface area contributed by atoms with E-state index >= 15 is 0 Å². The Labute approximate surface area is 65.4 Å². The summed E-state index contributed by atoms with van der Waals surface area (Å²) in [7, 11) is 0. The van der Waals surface area contributed by atoms with Gasteiger partial charge >= 0.3 is 0 Å². The van der Waals surface area contributed by atoms with Gasteiger partial charge in [0.25, 0.3) is 5.91 Å². The summed E-state index contributed by atoms with van der Waals surface area (Å²) < 4.78 is 0. The first-order valence-electron chi connectivity index (χ1n) is 3.51. The Balaban J connectivity index is 2.49. The van der Waals surface area contributed by atoms with Gasteiger partial charge in [0.1, 0.15) is 0 Å². The van der Waals surface area contributed by atoms with Crippen LogP contribution in [0.4, 0.5) is 0 Å². The minimum Gasteiger partial charge on any atom is -0.364 e. The van der Waals surface area contributed by atoms with Gasteiger partial charge in [-0.25, -0.2) is 5.01 Å². The Hall–Kier alpha value is -1.32. The van der Waals surface area contributed by atoms with Crippen LogP contribution < -0.4 is 5.73 Å². The Morgan fingerprint density at radius 1 is 1.82 bits per heavy atom. The number of primary amides is 1. The molecule has 1 rings (SSSR count). The highest BCUT2D eigenvalue weighted by Gasteiger charge is 2.33. The summed E-state index contributed by atoms with van der Waals surface area (Å²) in [5.41, 5.74) is 6.41. The second-order valence-corrected chi connectivity index (χ2v) is 2.32. The molecule has 1 aliphatic heterocycles. The average molecular weight is 153 g/mol. The molecule has 0 atom stereocenters. The van der Waals surface area contributed by atoms with Crippen LogP contribution in [-0.2, 0) is 4.79 Å². The molecule has 0 saturated carbocycles. The molecule has 0 aromatic heterocycles. The number of allylic oxidation sites excluding steroid dienone is 1. The van der Waals surface area contributed by atoms with E-state index in [4.69, 9.17) is 5.73 Å². The SMILES string of the molecule is CC/C=N\N1C(C)=C1C(N)=O. The molecule has 0 aliphatic carbocycles. The molecule has 1 heterocycles. The van der Waals surface area contributed by atoms with Crippen LogP contribution in [-0.4, -0.2) is 17.1 Å². The standard InChI is InChI=1S/C7H11N3O/c1-3-4-9-10-5(2)6(10)7(8)11/h4H,3H2,1-2H3,(H2,8,11)/b9-4-. The highest BCUT2D eigenvalue weighted by atomic mass is 16.1. The van der Waals surface area contributed by atoms with Crippen LogP contribution in [0.3, 0.4) is 0 Å². The zero-order chi connectivity index (χ0) is 8.43. The highest BCUT2D eigenvalue weighted by molar-refractivity contribution is 5.96. The van der Waals surface area contributed by atoms with E-state index in [1.807, 2.05) is 13.8 Å². The molecule has 0 saturated heterocycles. The maximum Gasteiger partial charge on any atom is 0.269 e. The molecular weight excluding hydrogens is 142 g/mol. The van der Waals surface area contributed by atoms with E-state index in [0.717, 1.165) is 12.1 Å². The number of carbonyl (C=O) groups excluding carboxylic acids is 1. The van der Waals surface area contributed by atoms with Gasteiger partial charge in [0.2, 0.25) is 0 Å². The Morgan fingerprint density at radius 2 is 2.45 bits per heavy atom. The molecule has 0 bridgehead atoms. The van der Waals surface area contributed by atoms with E-state index in [-0.39, 0.29) is 0 Å². The normalized spacial score (nSPS) is 16.4. The van der Waals surface area contributed by atoms with E-state index in [2.05, 4.69) is 5.10 Å². The molecule has 4 nitrogen and oxygen atoms in total. The number of nitrogens with zero attached hydrogens (tertiary/aromatic N) is 2. The van der Waals surface area contributed by atoms with Gasteiger partial charge in [-0.05, 0) is 13.3 Å². The largest absolute Gasteiger partial charge is 0.364 e. The van der Waals surface area contributed by atoms with Gasteiger partial charge in [-0.1, -0.05) is 6.92 Å². The van der Waals surface area contributed by atoms with Crippen LogP contribution >= 0.6 is 0 Å². The molecule has 60 valence electrons. The minimum atomic E-state index is -0.407. The number of hydrogen-bond acceptors (Lipinski definition) is 3. The van der Waals surface area contributed by atoms with Gasteiger partial charge in [-0.15, -0.1) is 0 Å². The monoisotopic (exact) mass is 153 g/mol. The van der Waals surface area contributed by atoms with Crippen molar-refractivity contribution >= 4 is 12.1 Å². The Bertz CT molecular complexity index is 242. The van der Waals surface area contributed by atoms with E-state index in [1.165, 1.54) is 0 Å². The number of hydrogen-bond donors (Lipinski definition) is 1. The fraction of sp³-hybridized carbons (Fsp3) is 0.429. The summed E-state index contributed by atoms with van der Waals surface area (Å²) in [5.74, 6) is -0.407. The predicted molar refractivity (Wildman–Crippen MR) is 42.5 cm³/mol. The highest BCUT2D eigenvalue weighted by Crippen LogP contribution is 2.30. The second-order valence-electron chi connectivity index (χ2n) is 2.32. The number of rotatable bonds is 3. The molecule has 2 N–H and O–H groups in total. The van der Waals surface area contributed by atoms with Gasteiger partial charge in [0.15, 0.2) is 5.70 Å². The first-order valence-corrected chi connectivity index (χ1v) is 3.51. The third-order valence-corrected chi connectivity index (χ3v) is 1.44. The van der Waals surface area contributed by atoms with Crippen molar-refractivity contribution in [1.29, 1.82) is 0 Å². The molecule has 1 amide bonds. The minimum absolute atomic E-state index is 0.407. The van der Waals surface area contributed by atoms with Gasteiger partial charge in [-0.2, -0.15) is 5.10 Å². The molecule has 0 fully saturated rings. The first-order chi connectivity index (χ1) is 5.18. The van der Waals surface area contributed by atoms with E-state index < -0.39 is 5.91 Å². The summed E-state index contributed by atoms with van der Waals surface area (Å²) in [6.07, 6.45) is 2.59. The van der Waals surface area contributed by atoms with E-state index in [0.29, 0.717) is 5.70 Å². The van der Waals surface area contributed by atoms with Crippen LogP contribution in [0.1, 0.15) is 20.3 Å². The summed E-state index contributed by atoms with van der Waals surface area (Å²) in [5, 5.41) is 5.52.